The lowest BCUT2D eigenvalue weighted by atomic mass is 10.1. The maximum Gasteiger partial charge on any atom is 0.251 e. The van der Waals surface area contributed by atoms with Gasteiger partial charge in [0.15, 0.2) is 0 Å². The van der Waals surface area contributed by atoms with Gasteiger partial charge < -0.3 is 10.1 Å². The topological polar surface area (TPSA) is 38.3 Å². The molecule has 4 heteroatoms. The van der Waals surface area contributed by atoms with Gasteiger partial charge in [0.2, 0.25) is 0 Å². The Labute approximate surface area is 116 Å². The molecule has 1 aliphatic rings. The molecule has 1 saturated carbocycles. The van der Waals surface area contributed by atoms with Gasteiger partial charge in [-0.05, 0) is 43.4 Å². The van der Waals surface area contributed by atoms with Crippen molar-refractivity contribution in [3.63, 3.8) is 0 Å². The largest absolute Gasteiger partial charge is 0.497 e. The lowest BCUT2D eigenvalue weighted by Crippen LogP contribution is -2.28. The summed E-state index contributed by atoms with van der Waals surface area (Å²) in [6.07, 6.45) is 3.55. The van der Waals surface area contributed by atoms with E-state index in [9.17, 15) is 4.79 Å². The molecule has 1 aromatic rings. The van der Waals surface area contributed by atoms with Crippen LogP contribution in [-0.4, -0.2) is 24.4 Å². The van der Waals surface area contributed by atoms with E-state index < -0.39 is 0 Å². The third-order valence-corrected chi connectivity index (χ3v) is 4.19. The molecule has 3 nitrogen and oxygen atoms in total. The van der Waals surface area contributed by atoms with Crippen LogP contribution in [0, 0.1) is 5.92 Å². The number of nitrogens with one attached hydrogen (secondary N) is 1. The Balaban J connectivity index is 1.87. The number of halogens is 1. The number of methoxy groups -OCH3 is 1. The first-order chi connectivity index (χ1) is 8.69. The number of alkyl halides is 1. The summed E-state index contributed by atoms with van der Waals surface area (Å²) in [5, 5.41) is 3.00. The van der Waals surface area contributed by atoms with Gasteiger partial charge in [-0.1, -0.05) is 22.0 Å². The number of hydrogen-bond acceptors (Lipinski definition) is 2. The van der Waals surface area contributed by atoms with E-state index in [4.69, 9.17) is 4.74 Å². The molecule has 2 atom stereocenters. The maximum absolute atomic E-state index is 12.0. The predicted octanol–water partition coefficient (Wildman–Crippen LogP) is 2.99. The number of rotatable bonds is 4. The highest BCUT2D eigenvalue weighted by Gasteiger charge is 2.22. The fourth-order valence-electron chi connectivity index (χ4n) is 2.30. The lowest BCUT2D eigenvalue weighted by molar-refractivity contribution is 0.0947. The van der Waals surface area contributed by atoms with Gasteiger partial charge in [-0.3, -0.25) is 4.79 Å². The standard InChI is InChI=1S/C14H18BrNO2/c1-18-13-4-2-3-11(8-13)14(17)16-9-10-5-6-12(15)7-10/h2-4,8,10,12H,5-7,9H2,1H3,(H,16,17). The molecule has 1 aliphatic carbocycles. The average molecular weight is 312 g/mol. The van der Waals surface area contributed by atoms with Crippen LogP contribution in [0.4, 0.5) is 0 Å². The quantitative estimate of drug-likeness (QED) is 0.868. The van der Waals surface area contributed by atoms with Gasteiger partial charge in [0, 0.05) is 16.9 Å². The van der Waals surface area contributed by atoms with Crippen molar-refractivity contribution >= 4 is 21.8 Å². The Hall–Kier alpha value is -1.03. The van der Waals surface area contributed by atoms with Crippen LogP contribution in [0.1, 0.15) is 29.6 Å². The van der Waals surface area contributed by atoms with Gasteiger partial charge in [0.25, 0.3) is 5.91 Å². The molecule has 18 heavy (non-hydrogen) atoms. The summed E-state index contributed by atoms with van der Waals surface area (Å²) < 4.78 is 5.11. The molecule has 2 unspecified atom stereocenters. The third kappa shape index (κ3) is 3.48. The Morgan fingerprint density at radius 1 is 1.50 bits per heavy atom. The van der Waals surface area contributed by atoms with E-state index in [-0.39, 0.29) is 5.91 Å². The zero-order valence-corrected chi connectivity index (χ0v) is 12.1. The molecule has 0 spiro atoms. The minimum absolute atomic E-state index is 0.0214. The minimum Gasteiger partial charge on any atom is -0.497 e. The van der Waals surface area contributed by atoms with Crippen LogP contribution in [0.5, 0.6) is 5.75 Å². The molecule has 0 heterocycles. The summed E-state index contributed by atoms with van der Waals surface area (Å²) in [6, 6.07) is 7.23. The number of ether oxygens (including phenoxy) is 1. The summed E-state index contributed by atoms with van der Waals surface area (Å²) in [7, 11) is 1.60. The van der Waals surface area contributed by atoms with Crippen LogP contribution >= 0.6 is 15.9 Å². The molecule has 0 radical (unpaired) electrons. The van der Waals surface area contributed by atoms with Gasteiger partial charge in [0.05, 0.1) is 7.11 Å². The number of amides is 1. The highest BCUT2D eigenvalue weighted by atomic mass is 79.9. The van der Waals surface area contributed by atoms with Crippen molar-refractivity contribution in [1.29, 1.82) is 0 Å². The van der Waals surface area contributed by atoms with Gasteiger partial charge in [-0.2, -0.15) is 0 Å². The molecule has 1 amide bonds. The third-order valence-electron chi connectivity index (χ3n) is 3.36. The number of benzene rings is 1. The van der Waals surface area contributed by atoms with Gasteiger partial charge in [-0.25, -0.2) is 0 Å². The normalized spacial score (nSPS) is 22.8. The molecule has 0 saturated heterocycles. The lowest BCUT2D eigenvalue weighted by Gasteiger charge is -2.11. The molecule has 0 bridgehead atoms. The van der Waals surface area contributed by atoms with E-state index >= 15 is 0 Å². The SMILES string of the molecule is COc1cccc(C(=O)NCC2CCC(Br)C2)c1. The Morgan fingerprint density at radius 2 is 2.33 bits per heavy atom. The van der Waals surface area contributed by atoms with Crippen LogP contribution in [0.15, 0.2) is 24.3 Å². The number of carbonyl (C=O) groups excluding carboxylic acids is 1. The zero-order valence-electron chi connectivity index (χ0n) is 10.5. The van der Waals surface area contributed by atoms with Crippen molar-refractivity contribution < 1.29 is 9.53 Å². The molecule has 0 aliphatic heterocycles. The van der Waals surface area contributed by atoms with E-state index in [0.29, 0.717) is 22.1 Å². The Kier molecular flexibility index (Phi) is 4.64. The van der Waals surface area contributed by atoms with Crippen LogP contribution < -0.4 is 10.1 Å². The smallest absolute Gasteiger partial charge is 0.251 e. The number of carbonyl (C=O) groups is 1. The van der Waals surface area contributed by atoms with Crippen molar-refractivity contribution in [3.8, 4) is 5.75 Å². The molecule has 2 rings (SSSR count). The second-order valence-corrected chi connectivity index (χ2v) is 6.01. The first-order valence-corrected chi connectivity index (χ1v) is 7.17. The second-order valence-electron chi connectivity index (χ2n) is 4.72. The predicted molar refractivity (Wildman–Crippen MR) is 75.4 cm³/mol. The minimum atomic E-state index is -0.0214. The van der Waals surface area contributed by atoms with Crippen LogP contribution in [0.25, 0.3) is 0 Å². The Bertz CT molecular complexity index is 422. The van der Waals surface area contributed by atoms with E-state index in [1.54, 1.807) is 19.2 Å². The second kappa shape index (κ2) is 6.23. The molecular weight excluding hydrogens is 294 g/mol. The fraction of sp³-hybridized carbons (Fsp3) is 0.500. The fourth-order valence-corrected chi connectivity index (χ4v) is 3.10. The zero-order chi connectivity index (χ0) is 13.0. The van der Waals surface area contributed by atoms with Crippen molar-refractivity contribution in [2.24, 2.45) is 5.92 Å². The summed E-state index contributed by atoms with van der Waals surface area (Å²) in [5.41, 5.74) is 0.655. The van der Waals surface area contributed by atoms with Crippen molar-refractivity contribution in [3.05, 3.63) is 29.8 Å². The van der Waals surface area contributed by atoms with Crippen molar-refractivity contribution in [2.45, 2.75) is 24.1 Å². The molecular formula is C14H18BrNO2. The highest BCUT2D eigenvalue weighted by Crippen LogP contribution is 2.30. The van der Waals surface area contributed by atoms with E-state index in [0.717, 1.165) is 13.0 Å². The van der Waals surface area contributed by atoms with E-state index in [1.807, 2.05) is 12.1 Å². The summed E-state index contributed by atoms with van der Waals surface area (Å²) in [4.78, 5) is 12.6. The number of hydrogen-bond donors (Lipinski definition) is 1. The van der Waals surface area contributed by atoms with Gasteiger partial charge >= 0.3 is 0 Å². The summed E-state index contributed by atoms with van der Waals surface area (Å²) in [6.45, 7) is 0.762. The maximum atomic E-state index is 12.0. The van der Waals surface area contributed by atoms with Crippen molar-refractivity contribution in [2.75, 3.05) is 13.7 Å². The van der Waals surface area contributed by atoms with Gasteiger partial charge in [0.1, 0.15) is 5.75 Å². The van der Waals surface area contributed by atoms with Crippen LogP contribution in [0.2, 0.25) is 0 Å². The van der Waals surface area contributed by atoms with E-state index in [1.165, 1.54) is 12.8 Å². The molecule has 0 aromatic heterocycles. The molecule has 98 valence electrons. The van der Waals surface area contributed by atoms with Gasteiger partial charge in [-0.15, -0.1) is 0 Å². The Morgan fingerprint density at radius 3 is 3.00 bits per heavy atom. The summed E-state index contributed by atoms with van der Waals surface area (Å²) >= 11 is 3.62. The molecule has 1 fully saturated rings. The highest BCUT2D eigenvalue weighted by molar-refractivity contribution is 9.09. The summed E-state index contributed by atoms with van der Waals surface area (Å²) in [5.74, 6) is 1.29. The van der Waals surface area contributed by atoms with Crippen molar-refractivity contribution in [1.82, 2.24) is 5.32 Å². The first-order valence-electron chi connectivity index (χ1n) is 6.25. The molecule has 1 aromatic carbocycles. The monoisotopic (exact) mass is 311 g/mol. The first kappa shape index (κ1) is 13.4. The molecule has 1 N–H and O–H groups in total. The van der Waals surface area contributed by atoms with E-state index in [2.05, 4.69) is 21.2 Å². The van der Waals surface area contributed by atoms with Crippen LogP contribution in [-0.2, 0) is 0 Å². The van der Waals surface area contributed by atoms with Crippen LogP contribution in [0.3, 0.4) is 0 Å². The average Bonchev–Trinajstić information content (AvgIpc) is 2.82.